The lowest BCUT2D eigenvalue weighted by Gasteiger charge is -2.13. The molecule has 0 bridgehead atoms. The zero-order chi connectivity index (χ0) is 21.6. The van der Waals surface area contributed by atoms with Crippen LogP contribution in [-0.2, 0) is 29.4 Å². The summed E-state index contributed by atoms with van der Waals surface area (Å²) < 4.78 is 1.62. The molecule has 0 atom stereocenters. The van der Waals surface area contributed by atoms with Crippen LogP contribution in [0.3, 0.4) is 0 Å². The van der Waals surface area contributed by atoms with Crippen LogP contribution in [-0.4, -0.2) is 27.3 Å². The Hall–Kier alpha value is -2.71. The quantitative estimate of drug-likeness (QED) is 0.498. The molecule has 0 radical (unpaired) electrons. The van der Waals surface area contributed by atoms with Crippen molar-refractivity contribution in [2.75, 3.05) is 11.1 Å². The van der Waals surface area contributed by atoms with Gasteiger partial charge in [0.15, 0.2) is 0 Å². The van der Waals surface area contributed by atoms with Crippen molar-refractivity contribution in [3.05, 3.63) is 77.0 Å². The first-order chi connectivity index (χ1) is 15.2. The molecule has 1 aliphatic heterocycles. The second kappa shape index (κ2) is 10.1. The van der Waals surface area contributed by atoms with Crippen LogP contribution in [0.25, 0.3) is 0 Å². The maximum absolute atomic E-state index is 13.1. The number of thioether (sulfide) groups is 2. The Morgan fingerprint density at radius 3 is 2.68 bits per heavy atom. The molecular formula is C23H24N4O2S2. The van der Waals surface area contributed by atoms with E-state index in [9.17, 15) is 9.59 Å². The molecule has 160 valence electrons. The maximum Gasteiger partial charge on any atom is 0.257 e. The number of aromatic nitrogens is 2. The highest BCUT2D eigenvalue weighted by molar-refractivity contribution is 7.99. The van der Waals surface area contributed by atoms with E-state index >= 15 is 0 Å². The molecule has 0 fully saturated rings. The van der Waals surface area contributed by atoms with Gasteiger partial charge in [-0.2, -0.15) is 16.9 Å². The fourth-order valence-corrected chi connectivity index (χ4v) is 5.26. The molecule has 8 heteroatoms. The van der Waals surface area contributed by atoms with Crippen LogP contribution in [0.1, 0.15) is 34.1 Å². The number of rotatable bonds is 8. The van der Waals surface area contributed by atoms with Crippen molar-refractivity contribution in [3.8, 4) is 0 Å². The normalized spacial score (nSPS) is 12.4. The lowest BCUT2D eigenvalue weighted by Crippen LogP contribution is -2.29. The van der Waals surface area contributed by atoms with Crippen molar-refractivity contribution in [1.82, 2.24) is 15.1 Å². The third-order valence-corrected chi connectivity index (χ3v) is 6.83. The van der Waals surface area contributed by atoms with Crippen molar-refractivity contribution in [2.45, 2.75) is 36.4 Å². The monoisotopic (exact) mass is 452 g/mol. The Labute approximate surface area is 190 Å². The van der Waals surface area contributed by atoms with Gasteiger partial charge in [0.05, 0.1) is 11.3 Å². The Morgan fingerprint density at radius 1 is 1.10 bits per heavy atom. The minimum Gasteiger partial charge on any atom is -0.350 e. The predicted molar refractivity (Wildman–Crippen MR) is 126 cm³/mol. The van der Waals surface area contributed by atoms with Gasteiger partial charge in [0.1, 0.15) is 12.4 Å². The van der Waals surface area contributed by atoms with Gasteiger partial charge in [0.2, 0.25) is 5.91 Å². The van der Waals surface area contributed by atoms with Crippen LogP contribution >= 0.6 is 23.5 Å². The SMILES string of the molecule is CCSc1ccccc1C(=O)Nc1c2c(nn1CC(=O)NCc1ccccc1)CSC2. The zero-order valence-corrected chi connectivity index (χ0v) is 18.9. The number of anilines is 1. The summed E-state index contributed by atoms with van der Waals surface area (Å²) in [5, 5.41) is 10.6. The fraction of sp³-hybridized carbons (Fsp3) is 0.261. The van der Waals surface area contributed by atoms with Crippen LogP contribution in [0.15, 0.2) is 59.5 Å². The summed E-state index contributed by atoms with van der Waals surface area (Å²) in [5.41, 5.74) is 3.62. The smallest absolute Gasteiger partial charge is 0.257 e. The van der Waals surface area contributed by atoms with Crippen LogP contribution in [0.5, 0.6) is 0 Å². The van der Waals surface area contributed by atoms with E-state index in [1.54, 1.807) is 28.2 Å². The lowest BCUT2D eigenvalue weighted by molar-refractivity contribution is -0.122. The summed E-state index contributed by atoms with van der Waals surface area (Å²) in [5.74, 6) is 2.75. The first-order valence-corrected chi connectivity index (χ1v) is 12.3. The Kier molecular flexibility index (Phi) is 6.99. The van der Waals surface area contributed by atoms with Crippen LogP contribution in [0.2, 0.25) is 0 Å². The number of amides is 2. The molecule has 0 saturated carbocycles. The van der Waals surface area contributed by atoms with Crippen LogP contribution < -0.4 is 10.6 Å². The maximum atomic E-state index is 13.1. The molecule has 1 aliphatic rings. The van der Waals surface area contributed by atoms with Crippen molar-refractivity contribution < 1.29 is 9.59 Å². The van der Waals surface area contributed by atoms with E-state index in [4.69, 9.17) is 0 Å². The lowest BCUT2D eigenvalue weighted by atomic mass is 10.2. The molecule has 0 spiro atoms. The van der Waals surface area contributed by atoms with Crippen LogP contribution in [0, 0.1) is 0 Å². The van der Waals surface area contributed by atoms with E-state index in [1.807, 2.05) is 54.6 Å². The first kappa shape index (κ1) is 21.5. The van der Waals surface area contributed by atoms with Gasteiger partial charge in [-0.25, -0.2) is 4.68 Å². The van der Waals surface area contributed by atoms with Gasteiger partial charge in [-0.15, -0.1) is 11.8 Å². The number of hydrogen-bond donors (Lipinski definition) is 2. The third-order valence-electron chi connectivity index (χ3n) is 4.91. The van der Waals surface area contributed by atoms with Gasteiger partial charge in [-0.1, -0.05) is 49.4 Å². The molecule has 6 nitrogen and oxygen atoms in total. The highest BCUT2D eigenvalue weighted by Gasteiger charge is 2.25. The molecule has 2 aromatic carbocycles. The largest absolute Gasteiger partial charge is 0.350 e. The molecule has 0 saturated heterocycles. The summed E-state index contributed by atoms with van der Waals surface area (Å²) in [6, 6.07) is 17.4. The van der Waals surface area contributed by atoms with Gasteiger partial charge in [0, 0.05) is 28.5 Å². The molecule has 1 aromatic heterocycles. The van der Waals surface area contributed by atoms with Crippen molar-refractivity contribution in [2.24, 2.45) is 0 Å². The summed E-state index contributed by atoms with van der Waals surface area (Å²) in [6.07, 6.45) is 0. The summed E-state index contributed by atoms with van der Waals surface area (Å²) in [7, 11) is 0. The van der Waals surface area contributed by atoms with Crippen molar-refractivity contribution in [1.29, 1.82) is 0 Å². The fourth-order valence-electron chi connectivity index (χ4n) is 3.42. The van der Waals surface area contributed by atoms with Gasteiger partial charge < -0.3 is 10.6 Å². The topological polar surface area (TPSA) is 76.0 Å². The average Bonchev–Trinajstić information content (AvgIpc) is 3.36. The minimum absolute atomic E-state index is 0.0610. The van der Waals surface area contributed by atoms with Gasteiger partial charge in [0.25, 0.3) is 5.91 Å². The van der Waals surface area contributed by atoms with Gasteiger partial charge in [-0.3, -0.25) is 9.59 Å². The van der Waals surface area contributed by atoms with E-state index in [-0.39, 0.29) is 18.4 Å². The highest BCUT2D eigenvalue weighted by Crippen LogP contribution is 2.35. The summed E-state index contributed by atoms with van der Waals surface area (Å²) in [6.45, 7) is 2.58. The van der Waals surface area contributed by atoms with E-state index in [2.05, 4.69) is 22.7 Å². The number of nitrogens with zero attached hydrogens (tertiary/aromatic N) is 2. The summed E-state index contributed by atoms with van der Waals surface area (Å²) >= 11 is 3.40. The number of carbonyl (C=O) groups is 2. The molecule has 2 amide bonds. The Bertz CT molecular complexity index is 1080. The molecule has 0 aliphatic carbocycles. The van der Waals surface area contributed by atoms with Gasteiger partial charge >= 0.3 is 0 Å². The standard InChI is InChI=1S/C23H24N4O2S2/c1-2-31-20-11-7-6-10-17(20)23(29)25-22-18-14-30-15-19(18)26-27(22)13-21(28)24-12-16-8-4-3-5-9-16/h3-11H,2,12-15H2,1H3,(H,24,28)(H,25,29). The number of carbonyl (C=O) groups excluding carboxylic acids is 2. The highest BCUT2D eigenvalue weighted by atomic mass is 32.2. The van der Waals surface area contributed by atoms with Gasteiger partial charge in [-0.05, 0) is 23.4 Å². The molecule has 2 N–H and O–H groups in total. The molecule has 0 unspecified atom stereocenters. The Balaban J connectivity index is 1.50. The third kappa shape index (κ3) is 5.14. The minimum atomic E-state index is -0.179. The van der Waals surface area contributed by atoms with E-state index in [0.717, 1.165) is 39.0 Å². The van der Waals surface area contributed by atoms with Crippen LogP contribution in [0.4, 0.5) is 5.82 Å². The first-order valence-electron chi connectivity index (χ1n) is 10.2. The molecular weight excluding hydrogens is 428 g/mol. The predicted octanol–water partition coefficient (Wildman–Crippen LogP) is 4.31. The average molecular weight is 453 g/mol. The number of fused-ring (bicyclic) bond motifs is 1. The van der Waals surface area contributed by atoms with E-state index in [0.29, 0.717) is 17.9 Å². The zero-order valence-electron chi connectivity index (χ0n) is 17.3. The molecule has 2 heterocycles. The Morgan fingerprint density at radius 2 is 1.87 bits per heavy atom. The van der Waals surface area contributed by atoms with E-state index < -0.39 is 0 Å². The molecule has 4 rings (SSSR count). The summed E-state index contributed by atoms with van der Waals surface area (Å²) in [4.78, 5) is 26.6. The van der Waals surface area contributed by atoms with Crippen molar-refractivity contribution in [3.63, 3.8) is 0 Å². The van der Waals surface area contributed by atoms with E-state index in [1.165, 1.54) is 0 Å². The number of hydrogen-bond acceptors (Lipinski definition) is 5. The second-order valence-electron chi connectivity index (χ2n) is 7.07. The number of nitrogens with one attached hydrogen (secondary N) is 2. The molecule has 31 heavy (non-hydrogen) atoms. The second-order valence-corrected chi connectivity index (χ2v) is 9.36. The number of benzene rings is 2. The van der Waals surface area contributed by atoms with Crippen molar-refractivity contribution >= 4 is 41.2 Å². The molecule has 3 aromatic rings.